The quantitative estimate of drug-likeness (QED) is 0.197. The molecule has 0 saturated heterocycles. The van der Waals surface area contributed by atoms with Crippen molar-refractivity contribution in [1.29, 1.82) is 0 Å². The van der Waals surface area contributed by atoms with Crippen molar-refractivity contribution in [2.75, 3.05) is 6.54 Å². The minimum atomic E-state index is -0.861. The van der Waals surface area contributed by atoms with E-state index in [-0.39, 0.29) is 41.4 Å². The Morgan fingerprint density at radius 3 is 2.43 bits per heavy atom. The Balaban J connectivity index is 1.58. The van der Waals surface area contributed by atoms with Crippen LogP contribution in [0.3, 0.4) is 0 Å². The van der Waals surface area contributed by atoms with Gasteiger partial charge in [0.1, 0.15) is 11.6 Å². The molecule has 4 rings (SSSR count). The van der Waals surface area contributed by atoms with Gasteiger partial charge in [0, 0.05) is 24.2 Å². The highest BCUT2D eigenvalue weighted by Crippen LogP contribution is 2.35. The van der Waals surface area contributed by atoms with E-state index in [2.05, 4.69) is 10.3 Å². The molecule has 0 spiro atoms. The van der Waals surface area contributed by atoms with Crippen LogP contribution < -0.4 is 5.32 Å². The lowest BCUT2D eigenvalue weighted by Gasteiger charge is -2.24. The van der Waals surface area contributed by atoms with E-state index in [0.29, 0.717) is 12.0 Å². The van der Waals surface area contributed by atoms with Gasteiger partial charge < -0.3 is 14.5 Å². The minimum absolute atomic E-state index is 0.105. The SMILES string of the molecule is CC(C)(C)OC(=O)NCCC[C@@H](c1ncc(-c2cccc([N+](=O)[O-])c2)o1)N1C(=O)c2ccccc2C1=O. The number of imide groups is 1. The first-order chi connectivity index (χ1) is 17.5. The van der Waals surface area contributed by atoms with E-state index in [1.54, 1.807) is 51.1 Å². The summed E-state index contributed by atoms with van der Waals surface area (Å²) in [7, 11) is 0. The summed E-state index contributed by atoms with van der Waals surface area (Å²) in [4.78, 5) is 54.4. The molecular weight excluding hydrogens is 480 g/mol. The maximum absolute atomic E-state index is 13.2. The first-order valence-corrected chi connectivity index (χ1v) is 11.7. The Hall–Kier alpha value is -4.54. The molecule has 0 unspecified atom stereocenters. The van der Waals surface area contributed by atoms with Crippen LogP contribution in [0.4, 0.5) is 10.5 Å². The summed E-state index contributed by atoms with van der Waals surface area (Å²) in [5.74, 6) is -0.581. The Labute approximate surface area is 212 Å². The monoisotopic (exact) mass is 506 g/mol. The van der Waals surface area contributed by atoms with Gasteiger partial charge in [0.05, 0.1) is 22.2 Å². The van der Waals surface area contributed by atoms with Crippen molar-refractivity contribution in [3.05, 3.63) is 81.9 Å². The third-order valence-electron chi connectivity index (χ3n) is 5.61. The Morgan fingerprint density at radius 1 is 1.14 bits per heavy atom. The van der Waals surface area contributed by atoms with Crippen LogP contribution in [-0.4, -0.2) is 44.9 Å². The van der Waals surface area contributed by atoms with Gasteiger partial charge in [-0.1, -0.05) is 24.3 Å². The van der Waals surface area contributed by atoms with Crippen LogP contribution in [0.25, 0.3) is 11.3 Å². The normalized spacial score (nSPS) is 13.9. The number of amides is 3. The lowest BCUT2D eigenvalue weighted by molar-refractivity contribution is -0.384. The molecule has 37 heavy (non-hydrogen) atoms. The number of carbonyl (C=O) groups excluding carboxylic acids is 3. The molecule has 3 amide bonds. The highest BCUT2D eigenvalue weighted by atomic mass is 16.6. The van der Waals surface area contributed by atoms with Crippen LogP contribution in [0.15, 0.2) is 59.1 Å². The van der Waals surface area contributed by atoms with Gasteiger partial charge in [0.15, 0.2) is 5.76 Å². The van der Waals surface area contributed by atoms with Crippen molar-refractivity contribution >= 4 is 23.6 Å². The number of oxazole rings is 1. The fourth-order valence-corrected chi connectivity index (χ4v) is 4.00. The Bertz CT molecular complexity index is 1320. The average Bonchev–Trinajstić information content (AvgIpc) is 3.43. The van der Waals surface area contributed by atoms with Gasteiger partial charge in [-0.2, -0.15) is 0 Å². The minimum Gasteiger partial charge on any atom is -0.444 e. The molecule has 2 heterocycles. The topological polar surface area (TPSA) is 145 Å². The summed E-state index contributed by atoms with van der Waals surface area (Å²) in [6, 6.07) is 11.5. The zero-order chi connectivity index (χ0) is 26.7. The second kappa shape index (κ2) is 10.2. The molecule has 1 aliphatic heterocycles. The van der Waals surface area contributed by atoms with Gasteiger partial charge in [-0.3, -0.25) is 24.6 Å². The summed E-state index contributed by atoms with van der Waals surface area (Å²) in [5.41, 5.74) is 0.249. The highest BCUT2D eigenvalue weighted by Gasteiger charge is 2.42. The maximum Gasteiger partial charge on any atom is 0.407 e. The molecule has 11 nitrogen and oxygen atoms in total. The molecule has 1 N–H and O–H groups in total. The van der Waals surface area contributed by atoms with E-state index in [1.807, 2.05) is 0 Å². The lowest BCUT2D eigenvalue weighted by atomic mass is 10.1. The number of hydrogen-bond acceptors (Lipinski definition) is 8. The zero-order valence-electron chi connectivity index (χ0n) is 20.6. The number of hydrogen-bond donors (Lipinski definition) is 1. The van der Waals surface area contributed by atoms with Gasteiger partial charge >= 0.3 is 6.09 Å². The largest absolute Gasteiger partial charge is 0.444 e. The number of carbonyl (C=O) groups is 3. The number of nitrogens with zero attached hydrogens (tertiary/aromatic N) is 3. The van der Waals surface area contributed by atoms with Crippen molar-refractivity contribution in [1.82, 2.24) is 15.2 Å². The molecule has 0 aliphatic carbocycles. The number of benzene rings is 2. The first-order valence-electron chi connectivity index (χ1n) is 11.7. The number of ether oxygens (including phenoxy) is 1. The second-order valence-electron chi connectivity index (χ2n) is 9.48. The van der Waals surface area contributed by atoms with E-state index in [1.165, 1.54) is 24.4 Å². The van der Waals surface area contributed by atoms with Gasteiger partial charge in [0.2, 0.25) is 5.89 Å². The number of alkyl carbamates (subject to hydrolysis) is 1. The van der Waals surface area contributed by atoms with E-state index in [9.17, 15) is 24.5 Å². The maximum atomic E-state index is 13.2. The number of nitro benzene ring substituents is 1. The molecule has 11 heteroatoms. The molecule has 3 aromatic rings. The van der Waals surface area contributed by atoms with Crippen LogP contribution in [0.2, 0.25) is 0 Å². The molecule has 0 bridgehead atoms. The van der Waals surface area contributed by atoms with E-state index >= 15 is 0 Å². The van der Waals surface area contributed by atoms with Crippen molar-refractivity contribution in [3.8, 4) is 11.3 Å². The molecule has 0 saturated carbocycles. The average molecular weight is 507 g/mol. The van der Waals surface area contributed by atoms with Crippen LogP contribution in [0.5, 0.6) is 0 Å². The third kappa shape index (κ3) is 5.66. The molecule has 0 fully saturated rings. The third-order valence-corrected chi connectivity index (χ3v) is 5.61. The number of fused-ring (bicyclic) bond motifs is 1. The van der Waals surface area contributed by atoms with E-state index in [0.717, 1.165) is 4.90 Å². The van der Waals surface area contributed by atoms with Crippen molar-refractivity contribution in [2.45, 2.75) is 45.3 Å². The number of nitrogens with one attached hydrogen (secondary N) is 1. The lowest BCUT2D eigenvalue weighted by Crippen LogP contribution is -2.36. The van der Waals surface area contributed by atoms with Gasteiger partial charge in [-0.15, -0.1) is 0 Å². The molecule has 192 valence electrons. The standard InChI is InChI=1S/C26H26N4O7/c1-26(2,3)37-25(33)27-13-7-12-20(29-23(31)18-10-4-5-11-19(18)24(29)32)22-28-15-21(36-22)16-8-6-9-17(14-16)30(34)35/h4-6,8-11,14-15,20H,7,12-13H2,1-3H3,(H,27,33)/t20-/m0/s1. The van der Waals surface area contributed by atoms with Gasteiger partial charge in [0.25, 0.3) is 17.5 Å². The van der Waals surface area contributed by atoms with Crippen LogP contribution >= 0.6 is 0 Å². The summed E-state index contributed by atoms with van der Waals surface area (Å²) in [6.07, 6.45) is 1.45. The van der Waals surface area contributed by atoms with E-state index < -0.39 is 34.5 Å². The van der Waals surface area contributed by atoms with Gasteiger partial charge in [-0.25, -0.2) is 9.78 Å². The van der Waals surface area contributed by atoms with Crippen molar-refractivity contribution < 1.29 is 28.5 Å². The van der Waals surface area contributed by atoms with Crippen LogP contribution in [-0.2, 0) is 4.74 Å². The summed E-state index contributed by atoms with van der Waals surface area (Å²) >= 11 is 0. The number of non-ortho nitro benzene ring substituents is 1. The smallest absolute Gasteiger partial charge is 0.407 e. The summed E-state index contributed by atoms with van der Waals surface area (Å²) in [5, 5.41) is 13.8. The van der Waals surface area contributed by atoms with Gasteiger partial charge in [-0.05, 0) is 45.7 Å². The summed E-state index contributed by atoms with van der Waals surface area (Å²) < 4.78 is 11.2. The van der Waals surface area contributed by atoms with Crippen molar-refractivity contribution in [3.63, 3.8) is 0 Å². The molecule has 1 atom stereocenters. The molecular formula is C26H26N4O7. The number of rotatable bonds is 8. The molecule has 1 aliphatic rings. The predicted molar refractivity (Wildman–Crippen MR) is 132 cm³/mol. The number of nitro groups is 1. The molecule has 1 aromatic heterocycles. The number of aromatic nitrogens is 1. The fraction of sp³-hybridized carbons (Fsp3) is 0.308. The first kappa shape index (κ1) is 25.5. The fourth-order valence-electron chi connectivity index (χ4n) is 4.00. The highest BCUT2D eigenvalue weighted by molar-refractivity contribution is 6.21. The van der Waals surface area contributed by atoms with E-state index in [4.69, 9.17) is 9.15 Å². The molecule has 0 radical (unpaired) electrons. The Morgan fingerprint density at radius 2 is 1.81 bits per heavy atom. The second-order valence-corrected chi connectivity index (χ2v) is 9.48. The summed E-state index contributed by atoms with van der Waals surface area (Å²) in [6.45, 7) is 5.50. The van der Waals surface area contributed by atoms with Crippen molar-refractivity contribution in [2.24, 2.45) is 0 Å². The molecule has 2 aromatic carbocycles. The zero-order valence-corrected chi connectivity index (χ0v) is 20.6. The predicted octanol–water partition coefficient (Wildman–Crippen LogP) is 4.89. The van der Waals surface area contributed by atoms with Crippen LogP contribution in [0.1, 0.15) is 66.3 Å². The van der Waals surface area contributed by atoms with Crippen LogP contribution in [0, 0.1) is 10.1 Å². The Kier molecular flexibility index (Phi) is 7.05.